The molecule has 0 aliphatic carbocycles. The van der Waals surface area contributed by atoms with Crippen LogP contribution in [0.5, 0.6) is 0 Å². The highest BCUT2D eigenvalue weighted by Crippen LogP contribution is 2.21. The fourth-order valence-electron chi connectivity index (χ4n) is 1.30. The normalized spacial score (nSPS) is 10.3. The number of pyridine rings is 1. The molecule has 0 fully saturated rings. The Morgan fingerprint density at radius 3 is 2.83 bits per heavy atom. The van der Waals surface area contributed by atoms with Gasteiger partial charge in [-0.1, -0.05) is 0 Å². The number of nitrogens with two attached hydrogens (primary N) is 1. The van der Waals surface area contributed by atoms with E-state index in [2.05, 4.69) is 15.0 Å². The van der Waals surface area contributed by atoms with Crippen molar-refractivity contribution in [2.75, 3.05) is 0 Å². The number of hydrogen-bond acceptors (Lipinski definition) is 5. The number of nitrogen functional groups attached to an aromatic ring is 1. The van der Waals surface area contributed by atoms with Gasteiger partial charge < -0.3 is 10.7 Å². The van der Waals surface area contributed by atoms with Crippen molar-refractivity contribution in [3.05, 3.63) is 46.0 Å². The van der Waals surface area contributed by atoms with E-state index in [1.54, 1.807) is 19.1 Å². The third kappa shape index (κ3) is 2.95. The van der Waals surface area contributed by atoms with Crippen molar-refractivity contribution in [3.8, 4) is 0 Å². The van der Waals surface area contributed by atoms with Crippen LogP contribution in [0.25, 0.3) is 0 Å². The van der Waals surface area contributed by atoms with Crippen LogP contribution in [0.15, 0.2) is 39.4 Å². The molecule has 2 aromatic heterocycles. The second-order valence-electron chi connectivity index (χ2n) is 3.59. The van der Waals surface area contributed by atoms with E-state index in [0.717, 1.165) is 0 Å². The summed E-state index contributed by atoms with van der Waals surface area (Å²) in [6.07, 6.45) is 1.51. The Bertz CT molecular complexity index is 635. The number of nitrogens with zero attached hydrogens (tertiary/aromatic N) is 2. The first-order valence-corrected chi connectivity index (χ1v) is 5.92. The van der Waals surface area contributed by atoms with Gasteiger partial charge >= 0.3 is 0 Å². The first-order valence-electron chi connectivity index (χ1n) is 5.11. The smallest absolute Gasteiger partial charge is 0.251 e. The van der Waals surface area contributed by atoms with Gasteiger partial charge in [-0.05, 0) is 30.8 Å². The average molecular weight is 261 g/mol. The van der Waals surface area contributed by atoms with Crippen LogP contribution < -0.4 is 11.3 Å². The second kappa shape index (κ2) is 5.01. The summed E-state index contributed by atoms with van der Waals surface area (Å²) in [5.74, 6) is -0.0267. The van der Waals surface area contributed by atoms with Gasteiger partial charge in [-0.2, -0.15) is 0 Å². The van der Waals surface area contributed by atoms with Crippen molar-refractivity contribution in [2.45, 2.75) is 17.1 Å². The molecule has 0 amide bonds. The largest absolute Gasteiger partial charge is 0.384 e. The molecule has 0 saturated heterocycles. The highest BCUT2D eigenvalue weighted by atomic mass is 32.2. The first kappa shape index (κ1) is 12.3. The van der Waals surface area contributed by atoms with E-state index in [9.17, 15) is 4.79 Å². The summed E-state index contributed by atoms with van der Waals surface area (Å²) in [7, 11) is 0. The van der Waals surface area contributed by atoms with Crippen LogP contribution >= 0.6 is 11.8 Å². The SMILES string of the molecule is Cc1cc(=O)[nH]c(Sc2ccc(C(=N)N)cn2)n1. The molecule has 18 heavy (non-hydrogen) atoms. The van der Waals surface area contributed by atoms with Gasteiger partial charge in [0.25, 0.3) is 5.56 Å². The highest BCUT2D eigenvalue weighted by Gasteiger charge is 2.03. The minimum atomic E-state index is -0.189. The number of amidine groups is 1. The molecule has 0 spiro atoms. The lowest BCUT2D eigenvalue weighted by molar-refractivity contribution is 0.902. The molecule has 2 aromatic rings. The maximum atomic E-state index is 11.3. The fourth-order valence-corrected chi connectivity index (χ4v) is 2.08. The maximum Gasteiger partial charge on any atom is 0.251 e. The molecule has 0 saturated carbocycles. The van der Waals surface area contributed by atoms with E-state index >= 15 is 0 Å². The van der Waals surface area contributed by atoms with Crippen molar-refractivity contribution in [2.24, 2.45) is 5.73 Å². The van der Waals surface area contributed by atoms with Crippen molar-refractivity contribution in [1.29, 1.82) is 5.41 Å². The van der Waals surface area contributed by atoms with Gasteiger partial charge in [0.05, 0.1) is 0 Å². The molecule has 0 aliphatic rings. The van der Waals surface area contributed by atoms with Crippen LogP contribution in [0.1, 0.15) is 11.3 Å². The maximum absolute atomic E-state index is 11.3. The molecule has 0 aliphatic heterocycles. The highest BCUT2D eigenvalue weighted by molar-refractivity contribution is 7.99. The predicted octanol–water partition coefficient (Wildman–Crippen LogP) is 0.909. The number of nitrogens with one attached hydrogen (secondary N) is 2. The van der Waals surface area contributed by atoms with Gasteiger partial charge in [0.15, 0.2) is 5.16 Å². The van der Waals surface area contributed by atoms with Gasteiger partial charge in [0, 0.05) is 23.5 Å². The zero-order valence-corrected chi connectivity index (χ0v) is 10.4. The Hall–Kier alpha value is -2.15. The minimum Gasteiger partial charge on any atom is -0.384 e. The number of aromatic amines is 1. The van der Waals surface area contributed by atoms with E-state index < -0.39 is 0 Å². The molecule has 4 N–H and O–H groups in total. The third-order valence-electron chi connectivity index (χ3n) is 2.10. The second-order valence-corrected chi connectivity index (χ2v) is 4.60. The monoisotopic (exact) mass is 261 g/mol. The zero-order valence-electron chi connectivity index (χ0n) is 9.60. The molecular formula is C11H11N5OS. The van der Waals surface area contributed by atoms with Gasteiger partial charge in [-0.3, -0.25) is 10.2 Å². The van der Waals surface area contributed by atoms with E-state index in [1.165, 1.54) is 24.0 Å². The standard InChI is InChI=1S/C11H11N5OS/c1-6-4-8(17)16-11(15-6)18-9-3-2-7(5-14-9)10(12)13/h2-5H,1H3,(H3,12,13)(H,15,16,17). The molecule has 0 unspecified atom stereocenters. The van der Waals surface area contributed by atoms with Crippen LogP contribution in [0.2, 0.25) is 0 Å². The number of rotatable bonds is 3. The topological polar surface area (TPSA) is 109 Å². The van der Waals surface area contributed by atoms with E-state index in [4.69, 9.17) is 11.1 Å². The van der Waals surface area contributed by atoms with Crippen LogP contribution in [0.3, 0.4) is 0 Å². The molecule has 2 heterocycles. The van der Waals surface area contributed by atoms with Crippen molar-refractivity contribution < 1.29 is 0 Å². The summed E-state index contributed by atoms with van der Waals surface area (Å²) >= 11 is 1.25. The van der Waals surface area contributed by atoms with Crippen LogP contribution in [0.4, 0.5) is 0 Å². The molecule has 0 atom stereocenters. The number of aromatic nitrogens is 3. The van der Waals surface area contributed by atoms with Crippen LogP contribution in [-0.4, -0.2) is 20.8 Å². The summed E-state index contributed by atoms with van der Waals surface area (Å²) in [5.41, 5.74) is 6.36. The lowest BCUT2D eigenvalue weighted by Crippen LogP contribution is -2.11. The summed E-state index contributed by atoms with van der Waals surface area (Å²) in [6.45, 7) is 1.76. The van der Waals surface area contributed by atoms with Gasteiger partial charge in [-0.25, -0.2) is 9.97 Å². The zero-order chi connectivity index (χ0) is 13.1. The van der Waals surface area contributed by atoms with Crippen molar-refractivity contribution in [1.82, 2.24) is 15.0 Å². The van der Waals surface area contributed by atoms with E-state index in [-0.39, 0.29) is 11.4 Å². The summed E-state index contributed by atoms with van der Waals surface area (Å²) in [6, 6.07) is 4.85. The molecule has 92 valence electrons. The number of aryl methyl sites for hydroxylation is 1. The van der Waals surface area contributed by atoms with Crippen molar-refractivity contribution >= 4 is 17.6 Å². The summed E-state index contributed by atoms with van der Waals surface area (Å²) in [4.78, 5) is 22.2. The van der Waals surface area contributed by atoms with Gasteiger partial charge in [0.1, 0.15) is 10.9 Å². The Kier molecular flexibility index (Phi) is 3.42. The molecular weight excluding hydrogens is 250 g/mol. The van der Waals surface area contributed by atoms with Crippen molar-refractivity contribution in [3.63, 3.8) is 0 Å². The minimum absolute atomic E-state index is 0.0267. The van der Waals surface area contributed by atoms with Crippen LogP contribution in [0, 0.1) is 12.3 Å². The quantitative estimate of drug-likeness (QED) is 0.432. The molecule has 6 nitrogen and oxygen atoms in total. The molecule has 0 bridgehead atoms. The third-order valence-corrected chi connectivity index (χ3v) is 2.93. The van der Waals surface area contributed by atoms with Crippen LogP contribution in [-0.2, 0) is 0 Å². The fraction of sp³-hybridized carbons (Fsp3) is 0.0909. The Morgan fingerprint density at radius 1 is 1.50 bits per heavy atom. The number of hydrogen-bond donors (Lipinski definition) is 3. The lowest BCUT2D eigenvalue weighted by atomic mass is 10.3. The number of H-pyrrole nitrogens is 1. The van der Waals surface area contributed by atoms with Gasteiger partial charge in [0.2, 0.25) is 0 Å². The molecule has 0 radical (unpaired) electrons. The lowest BCUT2D eigenvalue weighted by Gasteiger charge is -2.02. The predicted molar refractivity (Wildman–Crippen MR) is 69.0 cm³/mol. The summed E-state index contributed by atoms with van der Waals surface area (Å²) in [5, 5.41) is 8.42. The Balaban J connectivity index is 2.23. The summed E-state index contributed by atoms with van der Waals surface area (Å²) < 4.78 is 0. The van der Waals surface area contributed by atoms with E-state index in [1.807, 2.05) is 0 Å². The average Bonchev–Trinajstić information content (AvgIpc) is 2.28. The Labute approximate surface area is 107 Å². The molecule has 7 heteroatoms. The molecule has 0 aromatic carbocycles. The molecule has 2 rings (SSSR count). The Morgan fingerprint density at radius 2 is 2.28 bits per heavy atom. The first-order chi connectivity index (χ1) is 8.54. The van der Waals surface area contributed by atoms with Gasteiger partial charge in [-0.15, -0.1) is 0 Å². The van der Waals surface area contributed by atoms with E-state index in [0.29, 0.717) is 21.4 Å².